The Kier molecular flexibility index (Phi) is 4.88. The normalized spacial score (nSPS) is 23.4. The van der Waals surface area contributed by atoms with E-state index in [9.17, 15) is 4.57 Å². The molecule has 3 N–H and O–H groups in total. The van der Waals surface area contributed by atoms with Crippen molar-refractivity contribution in [2.75, 3.05) is 39.5 Å². The minimum absolute atomic E-state index is 0.209. The number of nitrogens with one attached hydrogen (secondary N) is 1. The molecular formula is C12H20N7O3P. The summed E-state index contributed by atoms with van der Waals surface area (Å²) in [5.74, 6) is 0.335. The lowest BCUT2D eigenvalue weighted by molar-refractivity contribution is -0.0893. The van der Waals surface area contributed by atoms with E-state index in [1.165, 1.54) is 6.33 Å². The Bertz CT molecular complexity index is 707. The van der Waals surface area contributed by atoms with Crippen LogP contribution < -0.4 is 11.1 Å². The lowest BCUT2D eigenvalue weighted by atomic mass is 10.3. The van der Waals surface area contributed by atoms with Gasteiger partial charge in [0.1, 0.15) is 18.1 Å². The second-order valence-corrected chi connectivity index (χ2v) is 7.14. The van der Waals surface area contributed by atoms with Crippen LogP contribution in [-0.4, -0.2) is 64.1 Å². The van der Waals surface area contributed by atoms with Crippen LogP contribution in [0.5, 0.6) is 0 Å². The number of nitrogen functional groups attached to an aromatic ring is 1. The molecule has 126 valence electrons. The topological polar surface area (TPSA) is 120 Å². The van der Waals surface area contributed by atoms with E-state index < -0.39 is 8.18 Å². The third kappa shape index (κ3) is 3.51. The number of aromatic nitrogens is 4. The van der Waals surface area contributed by atoms with Crippen LogP contribution in [0.3, 0.4) is 0 Å². The number of ether oxygens (including phenoxy) is 1. The van der Waals surface area contributed by atoms with Gasteiger partial charge in [-0.25, -0.2) is 19.6 Å². The molecule has 2 aromatic heterocycles. The fraction of sp³-hybridized carbons (Fsp3) is 0.583. The Balaban J connectivity index is 1.70. The molecule has 0 saturated carbocycles. The number of anilines is 1. The Morgan fingerprint density at radius 3 is 3.09 bits per heavy atom. The van der Waals surface area contributed by atoms with Crippen molar-refractivity contribution in [3.63, 3.8) is 0 Å². The first-order chi connectivity index (χ1) is 11.1. The van der Waals surface area contributed by atoms with Crippen LogP contribution in [0.25, 0.3) is 11.2 Å². The highest BCUT2D eigenvalue weighted by molar-refractivity contribution is 7.36. The Hall–Kier alpha value is -1.58. The molecule has 10 nitrogen and oxygen atoms in total. The predicted octanol–water partition coefficient (Wildman–Crippen LogP) is -0.137. The second-order valence-electron chi connectivity index (χ2n) is 5.43. The zero-order valence-corrected chi connectivity index (χ0v) is 14.0. The monoisotopic (exact) mass is 341 g/mol. The molecule has 0 bridgehead atoms. The van der Waals surface area contributed by atoms with Gasteiger partial charge in [0.25, 0.3) is 8.18 Å². The lowest BCUT2D eigenvalue weighted by Gasteiger charge is -2.31. The summed E-state index contributed by atoms with van der Waals surface area (Å²) in [4.78, 5) is 12.4. The van der Waals surface area contributed by atoms with Crippen molar-refractivity contribution in [2.45, 2.75) is 12.3 Å². The lowest BCUT2D eigenvalue weighted by Crippen LogP contribution is -2.44. The van der Waals surface area contributed by atoms with Crippen molar-refractivity contribution in [3.05, 3.63) is 12.7 Å². The summed E-state index contributed by atoms with van der Waals surface area (Å²) in [6.45, 7) is 1.49. The van der Waals surface area contributed by atoms with Gasteiger partial charge in [-0.05, 0) is 14.1 Å². The molecule has 2 aromatic rings. The summed E-state index contributed by atoms with van der Waals surface area (Å²) in [7, 11) is 1.23. The fourth-order valence-electron chi connectivity index (χ4n) is 2.32. The van der Waals surface area contributed by atoms with E-state index in [2.05, 4.69) is 20.3 Å². The molecule has 1 saturated heterocycles. The molecule has 11 heteroatoms. The zero-order chi connectivity index (χ0) is 16.4. The Morgan fingerprint density at radius 2 is 2.30 bits per heavy atom. The number of hydrogen-bond acceptors (Lipinski definition) is 8. The van der Waals surface area contributed by atoms with E-state index in [1.807, 2.05) is 4.57 Å². The number of nitrogens with two attached hydrogens (primary N) is 1. The van der Waals surface area contributed by atoms with Gasteiger partial charge in [-0.15, -0.1) is 0 Å². The van der Waals surface area contributed by atoms with Gasteiger partial charge >= 0.3 is 0 Å². The summed E-state index contributed by atoms with van der Waals surface area (Å²) < 4.78 is 26.4. The third-order valence-electron chi connectivity index (χ3n) is 3.50. The van der Waals surface area contributed by atoms with Crippen molar-refractivity contribution < 1.29 is 13.8 Å². The first-order valence-corrected chi connectivity index (χ1v) is 8.46. The van der Waals surface area contributed by atoms with Crippen molar-refractivity contribution in [3.8, 4) is 0 Å². The number of nitrogens with zero attached hydrogens (tertiary/aromatic N) is 5. The van der Waals surface area contributed by atoms with Crippen LogP contribution in [0.4, 0.5) is 5.82 Å². The summed E-state index contributed by atoms with van der Waals surface area (Å²) in [6, 6.07) is 0. The van der Waals surface area contributed by atoms with E-state index in [0.717, 1.165) is 0 Å². The zero-order valence-electron chi connectivity index (χ0n) is 13.0. The quantitative estimate of drug-likeness (QED) is 0.716. The fourth-order valence-corrected chi connectivity index (χ4v) is 2.91. The number of rotatable bonds is 5. The van der Waals surface area contributed by atoms with E-state index in [1.54, 1.807) is 25.1 Å². The van der Waals surface area contributed by atoms with Gasteiger partial charge in [-0.3, -0.25) is 9.13 Å². The highest BCUT2D eigenvalue weighted by Crippen LogP contribution is 2.26. The Morgan fingerprint density at radius 1 is 1.48 bits per heavy atom. The van der Waals surface area contributed by atoms with Crippen LogP contribution in [0.15, 0.2) is 12.7 Å². The third-order valence-corrected chi connectivity index (χ3v) is 4.64. The maximum absolute atomic E-state index is 11.7. The van der Waals surface area contributed by atoms with Gasteiger partial charge < -0.3 is 20.3 Å². The average molecular weight is 341 g/mol. The van der Waals surface area contributed by atoms with Crippen LogP contribution in [0, 0.1) is 0 Å². The van der Waals surface area contributed by atoms with Gasteiger partial charge in [0, 0.05) is 13.1 Å². The molecule has 0 radical (unpaired) electrons. The molecule has 1 fully saturated rings. The van der Waals surface area contributed by atoms with Crippen LogP contribution in [-0.2, 0) is 13.8 Å². The molecule has 0 amide bonds. The standard InChI is InChI=1S/C12H20N7O3P/c1-18(2)23(20)21-5-8-3-14-4-9(22-8)19-7-17-10-11(13)15-6-16-12(10)19/h6-9,14,23H,3-5H2,1-2H3,(H2,13,15,16). The SMILES string of the molecule is CN(C)[PH](=O)OCC1CNCC(n2cnc3c(N)ncnc32)O1. The molecular weight excluding hydrogens is 321 g/mol. The molecule has 3 atom stereocenters. The van der Waals surface area contributed by atoms with Gasteiger partial charge in [-0.2, -0.15) is 0 Å². The molecule has 3 unspecified atom stereocenters. The van der Waals surface area contributed by atoms with Crippen LogP contribution >= 0.6 is 8.18 Å². The first-order valence-electron chi connectivity index (χ1n) is 7.19. The van der Waals surface area contributed by atoms with Crippen molar-refractivity contribution in [2.24, 2.45) is 0 Å². The minimum atomic E-state index is -2.20. The molecule has 0 aromatic carbocycles. The largest absolute Gasteiger partial charge is 0.382 e. The van der Waals surface area contributed by atoms with Gasteiger partial charge in [0.05, 0.1) is 19.0 Å². The maximum Gasteiger partial charge on any atom is 0.260 e. The van der Waals surface area contributed by atoms with Crippen LogP contribution in [0.2, 0.25) is 0 Å². The highest BCUT2D eigenvalue weighted by Gasteiger charge is 2.26. The molecule has 3 heterocycles. The predicted molar refractivity (Wildman–Crippen MR) is 85.2 cm³/mol. The molecule has 1 aliphatic rings. The van der Waals surface area contributed by atoms with Gasteiger partial charge in [0.2, 0.25) is 0 Å². The van der Waals surface area contributed by atoms with E-state index >= 15 is 0 Å². The molecule has 0 spiro atoms. The van der Waals surface area contributed by atoms with E-state index in [0.29, 0.717) is 30.1 Å². The molecule has 3 rings (SSSR count). The number of fused-ring (bicyclic) bond motifs is 1. The second kappa shape index (κ2) is 6.90. The summed E-state index contributed by atoms with van der Waals surface area (Å²) in [5.41, 5.74) is 6.96. The first kappa shape index (κ1) is 16.3. The van der Waals surface area contributed by atoms with Crippen LogP contribution in [0.1, 0.15) is 6.23 Å². The van der Waals surface area contributed by atoms with Crippen molar-refractivity contribution >= 4 is 25.2 Å². The maximum atomic E-state index is 11.7. The number of hydrogen-bond donors (Lipinski definition) is 2. The highest BCUT2D eigenvalue weighted by atomic mass is 31.1. The van der Waals surface area contributed by atoms with Crippen molar-refractivity contribution in [1.82, 2.24) is 29.5 Å². The van der Waals surface area contributed by atoms with E-state index in [-0.39, 0.29) is 18.9 Å². The average Bonchev–Trinajstić information content (AvgIpc) is 2.98. The van der Waals surface area contributed by atoms with Gasteiger partial charge in [0.15, 0.2) is 11.5 Å². The Labute approximate surface area is 133 Å². The minimum Gasteiger partial charge on any atom is -0.382 e. The van der Waals surface area contributed by atoms with Crippen molar-refractivity contribution in [1.29, 1.82) is 0 Å². The number of imidazole rings is 1. The van der Waals surface area contributed by atoms with E-state index in [4.69, 9.17) is 15.0 Å². The summed E-state index contributed by atoms with van der Waals surface area (Å²) in [5, 5.41) is 3.27. The molecule has 0 aliphatic carbocycles. The molecule has 1 aliphatic heterocycles. The summed E-state index contributed by atoms with van der Waals surface area (Å²) >= 11 is 0. The number of morpholine rings is 1. The summed E-state index contributed by atoms with van der Waals surface area (Å²) in [6.07, 6.45) is 2.53. The van der Waals surface area contributed by atoms with Gasteiger partial charge in [-0.1, -0.05) is 0 Å². The smallest absolute Gasteiger partial charge is 0.260 e. The molecule has 23 heavy (non-hydrogen) atoms.